The summed E-state index contributed by atoms with van der Waals surface area (Å²) in [5, 5.41) is 0.781. The lowest BCUT2D eigenvalue weighted by molar-refractivity contribution is 0.0714. The van der Waals surface area contributed by atoms with Crippen LogP contribution in [0.1, 0.15) is 31.4 Å². The summed E-state index contributed by atoms with van der Waals surface area (Å²) in [6.45, 7) is 8.67. The van der Waals surface area contributed by atoms with Crippen LogP contribution in [0.2, 0.25) is 5.02 Å². The molecular weight excluding hydrogens is 356 g/mol. The summed E-state index contributed by atoms with van der Waals surface area (Å²) in [7, 11) is 1.78. The molecule has 1 aliphatic heterocycles. The maximum absolute atomic E-state index is 6.01. The SMILES string of the molecule is CCCC(c1ccc(-c2ccc(Cl)cc2)cc1)N1CCN(CCOC)CC1. The molecule has 2 aromatic rings. The van der Waals surface area contributed by atoms with E-state index in [-0.39, 0.29) is 0 Å². The first-order valence-corrected chi connectivity index (χ1v) is 10.4. The maximum atomic E-state index is 6.01. The van der Waals surface area contributed by atoms with E-state index in [4.69, 9.17) is 16.3 Å². The van der Waals surface area contributed by atoms with Crippen LogP contribution in [0.5, 0.6) is 0 Å². The second-order valence-corrected chi connectivity index (χ2v) is 7.74. The second-order valence-electron chi connectivity index (χ2n) is 7.30. The van der Waals surface area contributed by atoms with Crippen molar-refractivity contribution in [3.8, 4) is 11.1 Å². The van der Waals surface area contributed by atoms with Gasteiger partial charge in [-0.05, 0) is 35.2 Å². The molecule has 0 aliphatic carbocycles. The lowest BCUT2D eigenvalue weighted by atomic mass is 9.96. The molecule has 3 rings (SSSR count). The summed E-state index contributed by atoms with van der Waals surface area (Å²) in [5.41, 5.74) is 3.89. The van der Waals surface area contributed by atoms with E-state index in [1.807, 2.05) is 12.1 Å². The van der Waals surface area contributed by atoms with Gasteiger partial charge in [-0.2, -0.15) is 0 Å². The van der Waals surface area contributed by atoms with Crippen molar-refractivity contribution in [2.24, 2.45) is 0 Å². The zero-order chi connectivity index (χ0) is 19.1. The van der Waals surface area contributed by atoms with Crippen molar-refractivity contribution < 1.29 is 4.74 Å². The quantitative estimate of drug-likeness (QED) is 0.626. The normalized spacial score (nSPS) is 17.1. The number of benzene rings is 2. The third kappa shape index (κ3) is 5.55. The van der Waals surface area contributed by atoms with Gasteiger partial charge in [0.2, 0.25) is 0 Å². The van der Waals surface area contributed by atoms with Crippen LogP contribution in [0.25, 0.3) is 11.1 Å². The van der Waals surface area contributed by atoms with Gasteiger partial charge < -0.3 is 4.74 Å². The minimum Gasteiger partial charge on any atom is -0.383 e. The number of ether oxygens (including phenoxy) is 1. The first-order valence-electron chi connectivity index (χ1n) is 10.0. The van der Waals surface area contributed by atoms with Gasteiger partial charge in [0.25, 0.3) is 0 Å². The van der Waals surface area contributed by atoms with Gasteiger partial charge in [0.05, 0.1) is 6.61 Å². The molecule has 2 aromatic carbocycles. The first-order chi connectivity index (χ1) is 13.2. The summed E-state index contributed by atoms with van der Waals surface area (Å²) in [4.78, 5) is 5.16. The lowest BCUT2D eigenvalue weighted by Crippen LogP contribution is -2.48. The van der Waals surface area contributed by atoms with E-state index < -0.39 is 0 Å². The van der Waals surface area contributed by atoms with Gasteiger partial charge >= 0.3 is 0 Å². The monoisotopic (exact) mass is 386 g/mol. The topological polar surface area (TPSA) is 15.7 Å². The molecule has 146 valence electrons. The van der Waals surface area contributed by atoms with Crippen molar-refractivity contribution in [1.82, 2.24) is 9.80 Å². The zero-order valence-corrected chi connectivity index (χ0v) is 17.3. The average Bonchev–Trinajstić information content (AvgIpc) is 2.72. The van der Waals surface area contributed by atoms with Crippen molar-refractivity contribution in [3.63, 3.8) is 0 Å². The highest BCUT2D eigenvalue weighted by molar-refractivity contribution is 6.30. The number of rotatable bonds is 8. The Labute approximate surface area is 168 Å². The Kier molecular flexibility index (Phi) is 7.71. The predicted molar refractivity (Wildman–Crippen MR) is 114 cm³/mol. The molecule has 1 atom stereocenters. The Morgan fingerprint density at radius 1 is 0.926 bits per heavy atom. The molecule has 27 heavy (non-hydrogen) atoms. The molecule has 1 saturated heterocycles. The molecule has 4 heteroatoms. The maximum Gasteiger partial charge on any atom is 0.0589 e. The summed E-state index contributed by atoms with van der Waals surface area (Å²) in [5.74, 6) is 0. The summed E-state index contributed by atoms with van der Waals surface area (Å²) < 4.78 is 5.22. The molecule has 1 unspecified atom stereocenters. The molecule has 3 nitrogen and oxygen atoms in total. The van der Waals surface area contributed by atoms with Crippen LogP contribution in [0.3, 0.4) is 0 Å². The number of methoxy groups -OCH3 is 1. The summed E-state index contributed by atoms with van der Waals surface area (Å²) in [6, 6.07) is 17.7. The fraction of sp³-hybridized carbons (Fsp3) is 0.478. The molecule has 0 amide bonds. The van der Waals surface area contributed by atoms with Crippen LogP contribution in [0.15, 0.2) is 48.5 Å². The molecule has 0 bridgehead atoms. The van der Waals surface area contributed by atoms with Gasteiger partial charge in [0.15, 0.2) is 0 Å². The Morgan fingerprint density at radius 2 is 1.52 bits per heavy atom. The highest BCUT2D eigenvalue weighted by Crippen LogP contribution is 2.29. The van der Waals surface area contributed by atoms with Gasteiger partial charge in [0.1, 0.15) is 0 Å². The van der Waals surface area contributed by atoms with Crippen molar-refractivity contribution in [2.75, 3.05) is 46.4 Å². The minimum atomic E-state index is 0.513. The van der Waals surface area contributed by atoms with Crippen molar-refractivity contribution in [1.29, 1.82) is 0 Å². The Balaban J connectivity index is 1.67. The Bertz CT molecular complexity index is 679. The molecule has 0 radical (unpaired) electrons. The number of piperazine rings is 1. The Morgan fingerprint density at radius 3 is 2.07 bits per heavy atom. The van der Waals surface area contributed by atoms with Crippen LogP contribution in [0, 0.1) is 0 Å². The molecule has 1 aliphatic rings. The number of hydrogen-bond donors (Lipinski definition) is 0. The van der Waals surface area contributed by atoms with E-state index in [0.29, 0.717) is 6.04 Å². The van der Waals surface area contributed by atoms with E-state index in [9.17, 15) is 0 Å². The van der Waals surface area contributed by atoms with Crippen LogP contribution in [0.4, 0.5) is 0 Å². The first kappa shape index (κ1) is 20.3. The van der Waals surface area contributed by atoms with Crippen molar-refractivity contribution in [3.05, 3.63) is 59.1 Å². The van der Waals surface area contributed by atoms with E-state index >= 15 is 0 Å². The molecule has 0 N–H and O–H groups in total. The standard InChI is InChI=1S/C23H31ClN2O/c1-3-4-23(26-15-13-25(14-16-26)17-18-27-2)21-7-5-19(6-8-21)20-9-11-22(24)12-10-20/h5-12,23H,3-4,13-18H2,1-2H3. The van der Waals surface area contributed by atoms with Gasteiger partial charge in [-0.25, -0.2) is 0 Å². The number of hydrogen-bond acceptors (Lipinski definition) is 3. The van der Waals surface area contributed by atoms with E-state index in [1.165, 1.54) is 29.5 Å². The van der Waals surface area contributed by atoms with Gasteiger partial charge in [0, 0.05) is 50.9 Å². The van der Waals surface area contributed by atoms with Crippen molar-refractivity contribution >= 4 is 11.6 Å². The number of nitrogens with zero attached hydrogens (tertiary/aromatic N) is 2. The largest absolute Gasteiger partial charge is 0.383 e. The van der Waals surface area contributed by atoms with E-state index in [2.05, 4.69) is 53.1 Å². The minimum absolute atomic E-state index is 0.513. The Hall–Kier alpha value is -1.39. The molecule has 0 saturated carbocycles. The van der Waals surface area contributed by atoms with Crippen LogP contribution < -0.4 is 0 Å². The van der Waals surface area contributed by atoms with Crippen LogP contribution >= 0.6 is 11.6 Å². The molecular formula is C23H31ClN2O. The van der Waals surface area contributed by atoms with Crippen LogP contribution in [-0.2, 0) is 4.74 Å². The fourth-order valence-corrected chi connectivity index (χ4v) is 4.02. The second kappa shape index (κ2) is 10.2. The summed E-state index contributed by atoms with van der Waals surface area (Å²) >= 11 is 6.01. The highest BCUT2D eigenvalue weighted by Gasteiger charge is 2.24. The van der Waals surface area contributed by atoms with Crippen LogP contribution in [-0.4, -0.2) is 56.2 Å². The average molecular weight is 387 g/mol. The van der Waals surface area contributed by atoms with Gasteiger partial charge in [-0.15, -0.1) is 0 Å². The third-order valence-corrected chi connectivity index (χ3v) is 5.75. The third-order valence-electron chi connectivity index (χ3n) is 5.49. The molecule has 1 heterocycles. The smallest absolute Gasteiger partial charge is 0.0589 e. The molecule has 0 aromatic heterocycles. The zero-order valence-electron chi connectivity index (χ0n) is 16.5. The van der Waals surface area contributed by atoms with Gasteiger partial charge in [-0.3, -0.25) is 9.80 Å². The molecule has 0 spiro atoms. The fourth-order valence-electron chi connectivity index (χ4n) is 3.89. The van der Waals surface area contributed by atoms with E-state index in [1.54, 1.807) is 7.11 Å². The molecule has 1 fully saturated rings. The van der Waals surface area contributed by atoms with Gasteiger partial charge in [-0.1, -0.05) is 61.3 Å². The summed E-state index contributed by atoms with van der Waals surface area (Å²) in [6.07, 6.45) is 2.41. The number of halogens is 1. The predicted octanol–water partition coefficient (Wildman–Crippen LogP) is 5.11. The van der Waals surface area contributed by atoms with E-state index in [0.717, 1.165) is 44.4 Å². The van der Waals surface area contributed by atoms with Crippen molar-refractivity contribution in [2.45, 2.75) is 25.8 Å². The highest BCUT2D eigenvalue weighted by atomic mass is 35.5. The lowest BCUT2D eigenvalue weighted by Gasteiger charge is -2.39.